The zero-order valence-corrected chi connectivity index (χ0v) is 6.67. The average Bonchev–Trinajstić information content (AvgIpc) is 2.39. The summed E-state index contributed by atoms with van der Waals surface area (Å²) >= 11 is 0. The summed E-state index contributed by atoms with van der Waals surface area (Å²) in [4.78, 5) is 0. The van der Waals surface area contributed by atoms with Crippen molar-refractivity contribution in [1.82, 2.24) is 0 Å². The van der Waals surface area contributed by atoms with E-state index in [1.807, 2.05) is 0 Å². The molecule has 1 rings (SSSR count). The molecule has 12 heavy (non-hydrogen) atoms. The lowest BCUT2D eigenvalue weighted by Crippen LogP contribution is -2.30. The van der Waals surface area contributed by atoms with Gasteiger partial charge >= 0.3 is 16.4 Å². The molecule has 0 aromatic rings. The first-order valence-corrected chi connectivity index (χ1v) is 4.71. The third-order valence-electron chi connectivity index (χ3n) is 1.90. The fourth-order valence-corrected chi connectivity index (χ4v) is 2.10. The Morgan fingerprint density at radius 1 is 1.25 bits per heavy atom. The van der Waals surface area contributed by atoms with Gasteiger partial charge in [0.05, 0.1) is 11.2 Å². The first-order chi connectivity index (χ1) is 5.16. The highest BCUT2D eigenvalue weighted by Gasteiger charge is 2.65. The molecule has 0 atom stereocenters. The van der Waals surface area contributed by atoms with Crippen molar-refractivity contribution in [3.63, 3.8) is 0 Å². The summed E-state index contributed by atoms with van der Waals surface area (Å²) in [7, 11) is -5.02. The average molecular weight is 206 g/mol. The molecular formula is C5H6F4O2S. The molecule has 1 aliphatic carbocycles. The Labute approximate surface area is 66.8 Å². The third-order valence-corrected chi connectivity index (χ3v) is 2.80. The molecule has 0 unspecified atom stereocenters. The molecule has 0 amide bonds. The number of halogens is 4. The molecule has 0 saturated heterocycles. The van der Waals surface area contributed by atoms with Crippen LogP contribution in [0.25, 0.3) is 0 Å². The first kappa shape index (κ1) is 9.76. The van der Waals surface area contributed by atoms with Gasteiger partial charge in [-0.25, -0.2) is 0 Å². The molecule has 0 aliphatic heterocycles. The van der Waals surface area contributed by atoms with Crippen molar-refractivity contribution in [3.05, 3.63) is 0 Å². The maximum atomic E-state index is 12.0. The second kappa shape index (κ2) is 2.34. The molecule has 2 nitrogen and oxygen atoms in total. The quantitative estimate of drug-likeness (QED) is 0.508. The van der Waals surface area contributed by atoms with Gasteiger partial charge in [0.1, 0.15) is 0 Å². The van der Waals surface area contributed by atoms with E-state index in [1.165, 1.54) is 0 Å². The first-order valence-electron chi connectivity index (χ1n) is 3.15. The second-order valence-electron chi connectivity index (χ2n) is 2.96. The minimum atomic E-state index is -5.02. The van der Waals surface area contributed by atoms with E-state index in [2.05, 4.69) is 0 Å². The van der Waals surface area contributed by atoms with E-state index >= 15 is 0 Å². The molecule has 0 spiro atoms. The van der Waals surface area contributed by atoms with Crippen molar-refractivity contribution in [2.45, 2.75) is 19.0 Å². The van der Waals surface area contributed by atoms with Crippen molar-refractivity contribution < 1.29 is 25.5 Å². The number of alkyl halides is 3. The zero-order chi connectivity index (χ0) is 9.62. The lowest BCUT2D eigenvalue weighted by atomic mass is 10.1. The van der Waals surface area contributed by atoms with Crippen molar-refractivity contribution >= 4 is 10.2 Å². The Morgan fingerprint density at radius 2 is 1.67 bits per heavy atom. The van der Waals surface area contributed by atoms with Gasteiger partial charge in [-0.15, -0.1) is 3.89 Å². The molecule has 0 heterocycles. The largest absolute Gasteiger partial charge is 0.395 e. The number of hydrogen-bond acceptors (Lipinski definition) is 2. The van der Waals surface area contributed by atoms with E-state index in [0.717, 1.165) is 0 Å². The normalized spacial score (nSPS) is 22.3. The highest BCUT2D eigenvalue weighted by Crippen LogP contribution is 2.58. The van der Waals surface area contributed by atoms with E-state index in [-0.39, 0.29) is 12.8 Å². The van der Waals surface area contributed by atoms with E-state index in [4.69, 9.17) is 0 Å². The minimum absolute atomic E-state index is 0.292. The molecule has 0 radical (unpaired) electrons. The summed E-state index contributed by atoms with van der Waals surface area (Å²) in [5.41, 5.74) is -2.29. The molecular weight excluding hydrogens is 200 g/mol. The summed E-state index contributed by atoms with van der Waals surface area (Å²) in [6.07, 6.45) is -5.19. The smallest absolute Gasteiger partial charge is 0.195 e. The van der Waals surface area contributed by atoms with Gasteiger partial charge in [-0.2, -0.15) is 21.6 Å². The summed E-state index contributed by atoms with van der Waals surface area (Å²) in [6, 6.07) is 0. The lowest BCUT2D eigenvalue weighted by molar-refractivity contribution is -0.180. The van der Waals surface area contributed by atoms with Crippen LogP contribution in [0.3, 0.4) is 0 Å². The third kappa shape index (κ3) is 1.88. The van der Waals surface area contributed by atoms with Crippen LogP contribution in [0.4, 0.5) is 17.1 Å². The van der Waals surface area contributed by atoms with Gasteiger partial charge in [-0.3, -0.25) is 0 Å². The molecule has 1 fully saturated rings. The summed E-state index contributed by atoms with van der Waals surface area (Å²) in [5, 5.41) is 0. The van der Waals surface area contributed by atoms with Crippen molar-refractivity contribution in [2.75, 3.05) is 5.75 Å². The SMILES string of the molecule is O=S(=O)(F)CC1(C(F)(F)F)CC1. The van der Waals surface area contributed by atoms with Crippen LogP contribution in [0.5, 0.6) is 0 Å². The lowest BCUT2D eigenvalue weighted by Gasteiger charge is -2.16. The molecule has 0 aromatic heterocycles. The molecule has 7 heteroatoms. The van der Waals surface area contributed by atoms with Gasteiger partial charge in [0.15, 0.2) is 0 Å². The predicted octanol–water partition coefficient (Wildman–Crippen LogP) is 1.63. The van der Waals surface area contributed by atoms with E-state index in [9.17, 15) is 25.5 Å². The predicted molar refractivity (Wildman–Crippen MR) is 32.6 cm³/mol. The van der Waals surface area contributed by atoms with Crippen LogP contribution in [0.1, 0.15) is 12.8 Å². The Kier molecular flexibility index (Phi) is 1.90. The van der Waals surface area contributed by atoms with Crippen molar-refractivity contribution in [2.24, 2.45) is 5.41 Å². The van der Waals surface area contributed by atoms with Crippen molar-refractivity contribution in [3.8, 4) is 0 Å². The number of hydrogen-bond donors (Lipinski definition) is 0. The van der Waals surface area contributed by atoms with Crippen LogP contribution in [-0.2, 0) is 10.2 Å². The van der Waals surface area contributed by atoms with Crippen LogP contribution in [0.2, 0.25) is 0 Å². The fourth-order valence-electron chi connectivity index (χ4n) is 0.991. The molecule has 1 aliphatic rings. The summed E-state index contributed by atoms with van der Waals surface area (Å²) in [5.74, 6) is -1.43. The highest BCUT2D eigenvalue weighted by atomic mass is 32.3. The Balaban J connectivity index is 2.76. The van der Waals surface area contributed by atoms with Gasteiger partial charge in [0, 0.05) is 0 Å². The topological polar surface area (TPSA) is 34.1 Å². The zero-order valence-electron chi connectivity index (χ0n) is 5.86. The number of rotatable bonds is 2. The molecule has 0 bridgehead atoms. The second-order valence-corrected chi connectivity index (χ2v) is 4.33. The van der Waals surface area contributed by atoms with Crippen LogP contribution >= 0.6 is 0 Å². The Bertz CT molecular complexity index is 274. The Morgan fingerprint density at radius 3 is 1.75 bits per heavy atom. The van der Waals surface area contributed by atoms with Crippen LogP contribution in [0.15, 0.2) is 0 Å². The standard InChI is InChI=1S/C5H6F4O2S/c6-5(7,8)4(1-2-4)3-12(9,10)11/h1-3H2. The molecule has 72 valence electrons. The summed E-state index contributed by atoms with van der Waals surface area (Å²) in [6.45, 7) is 0. The van der Waals surface area contributed by atoms with Gasteiger partial charge in [0.25, 0.3) is 0 Å². The van der Waals surface area contributed by atoms with Gasteiger partial charge in [-0.05, 0) is 12.8 Å². The van der Waals surface area contributed by atoms with Gasteiger partial charge < -0.3 is 0 Å². The van der Waals surface area contributed by atoms with Gasteiger partial charge in [-0.1, -0.05) is 0 Å². The fraction of sp³-hybridized carbons (Fsp3) is 1.00. The maximum Gasteiger partial charge on any atom is 0.395 e. The maximum absolute atomic E-state index is 12.0. The van der Waals surface area contributed by atoms with E-state index < -0.39 is 27.6 Å². The Hall–Kier alpha value is -0.330. The monoisotopic (exact) mass is 206 g/mol. The van der Waals surface area contributed by atoms with E-state index in [1.54, 1.807) is 0 Å². The van der Waals surface area contributed by atoms with Crippen LogP contribution in [-0.4, -0.2) is 20.3 Å². The van der Waals surface area contributed by atoms with E-state index in [0.29, 0.717) is 0 Å². The minimum Gasteiger partial charge on any atom is -0.195 e. The molecule has 0 aromatic carbocycles. The molecule has 1 saturated carbocycles. The van der Waals surface area contributed by atoms with Crippen LogP contribution < -0.4 is 0 Å². The highest BCUT2D eigenvalue weighted by molar-refractivity contribution is 7.86. The van der Waals surface area contributed by atoms with Crippen molar-refractivity contribution in [1.29, 1.82) is 0 Å². The summed E-state index contributed by atoms with van der Waals surface area (Å²) < 4.78 is 67.8. The van der Waals surface area contributed by atoms with Gasteiger partial charge in [0.2, 0.25) is 0 Å². The van der Waals surface area contributed by atoms with Crippen LogP contribution in [0, 0.1) is 5.41 Å². The molecule has 0 N–H and O–H groups in total.